The van der Waals surface area contributed by atoms with Crippen LogP contribution >= 0.6 is 0 Å². The highest BCUT2D eigenvalue weighted by atomic mass is 14.9. The van der Waals surface area contributed by atoms with E-state index in [1.54, 1.807) is 0 Å². The number of nitrogens with zero attached hydrogens (tertiary/aromatic N) is 2. The van der Waals surface area contributed by atoms with Crippen LogP contribution in [0.25, 0.3) is 88.8 Å². The van der Waals surface area contributed by atoms with E-state index in [1.165, 1.54) is 71.6 Å². The topological polar surface area (TPSA) is 25.8 Å². The van der Waals surface area contributed by atoms with E-state index in [9.17, 15) is 0 Å². The molecule has 0 N–H and O–H groups in total. The summed E-state index contributed by atoms with van der Waals surface area (Å²) in [7, 11) is 0. The van der Waals surface area contributed by atoms with Gasteiger partial charge in [-0.25, -0.2) is 9.97 Å². The van der Waals surface area contributed by atoms with Crippen LogP contribution in [-0.4, -0.2) is 9.97 Å². The minimum Gasteiger partial charge on any atom is -0.228 e. The molecule has 12 rings (SSSR count). The molecule has 0 aliphatic heterocycles. The Balaban J connectivity index is 1.04. The molecule has 2 aliphatic carbocycles. The van der Waals surface area contributed by atoms with Gasteiger partial charge in [-0.3, -0.25) is 0 Å². The van der Waals surface area contributed by atoms with Gasteiger partial charge in [0.1, 0.15) is 0 Å². The van der Waals surface area contributed by atoms with Crippen LogP contribution in [0.5, 0.6) is 0 Å². The van der Waals surface area contributed by atoms with Gasteiger partial charge in [-0.1, -0.05) is 164 Å². The molecule has 0 radical (unpaired) electrons. The van der Waals surface area contributed by atoms with Gasteiger partial charge in [0.25, 0.3) is 0 Å². The molecule has 0 saturated heterocycles. The lowest BCUT2D eigenvalue weighted by Crippen LogP contribution is -2.25. The van der Waals surface area contributed by atoms with E-state index in [-0.39, 0.29) is 0 Å². The first-order chi connectivity index (χ1) is 28.2. The maximum absolute atomic E-state index is 5.13. The molecule has 9 aromatic carbocycles. The van der Waals surface area contributed by atoms with Crippen molar-refractivity contribution in [3.05, 3.63) is 229 Å². The molecule has 1 heterocycles. The first kappa shape index (κ1) is 31.9. The lowest BCUT2D eigenvalue weighted by Gasteiger charge is -2.30. The summed E-state index contributed by atoms with van der Waals surface area (Å²) in [4.78, 5) is 10.2. The van der Waals surface area contributed by atoms with Crippen molar-refractivity contribution >= 4 is 21.5 Å². The van der Waals surface area contributed by atoms with Crippen LogP contribution in [0.4, 0.5) is 0 Å². The second kappa shape index (κ2) is 12.3. The molecule has 0 atom stereocenters. The molecule has 2 nitrogen and oxygen atoms in total. The van der Waals surface area contributed by atoms with Crippen LogP contribution in [0.15, 0.2) is 206 Å². The highest BCUT2D eigenvalue weighted by Gasteiger charge is 2.51. The van der Waals surface area contributed by atoms with Crippen LogP contribution in [-0.2, 0) is 5.41 Å². The zero-order valence-electron chi connectivity index (χ0n) is 31.0. The van der Waals surface area contributed by atoms with E-state index in [1.807, 2.05) is 24.3 Å². The Kier molecular flexibility index (Phi) is 6.88. The zero-order chi connectivity index (χ0) is 37.5. The predicted molar refractivity (Wildman–Crippen MR) is 235 cm³/mol. The van der Waals surface area contributed by atoms with Crippen molar-refractivity contribution < 1.29 is 0 Å². The summed E-state index contributed by atoms with van der Waals surface area (Å²) in [6.07, 6.45) is 0. The van der Waals surface area contributed by atoms with Crippen molar-refractivity contribution in [1.29, 1.82) is 0 Å². The fraction of sp³-hybridized carbons (Fsp3) is 0.0182. The van der Waals surface area contributed by atoms with E-state index in [0.717, 1.165) is 39.5 Å². The van der Waals surface area contributed by atoms with Crippen molar-refractivity contribution in [3.8, 4) is 67.3 Å². The molecule has 0 saturated carbocycles. The molecule has 264 valence electrons. The fourth-order valence-corrected chi connectivity index (χ4v) is 9.67. The largest absolute Gasteiger partial charge is 0.228 e. The fourth-order valence-electron chi connectivity index (χ4n) is 9.67. The monoisotopic (exact) mass is 722 g/mol. The van der Waals surface area contributed by atoms with Crippen LogP contribution in [0.3, 0.4) is 0 Å². The molecule has 0 amide bonds. The maximum atomic E-state index is 5.13. The lowest BCUT2D eigenvalue weighted by molar-refractivity contribution is 0.796. The maximum Gasteiger partial charge on any atom is 0.160 e. The Morgan fingerprint density at radius 3 is 1.44 bits per heavy atom. The lowest BCUT2D eigenvalue weighted by atomic mass is 9.70. The van der Waals surface area contributed by atoms with E-state index in [2.05, 4.69) is 182 Å². The third-order valence-corrected chi connectivity index (χ3v) is 12.2. The highest BCUT2D eigenvalue weighted by Crippen LogP contribution is 2.63. The van der Waals surface area contributed by atoms with E-state index < -0.39 is 5.41 Å². The minimum atomic E-state index is -0.411. The minimum absolute atomic E-state index is 0.411. The number of aromatic nitrogens is 2. The zero-order valence-corrected chi connectivity index (χ0v) is 31.0. The van der Waals surface area contributed by atoms with Crippen molar-refractivity contribution in [2.45, 2.75) is 5.41 Å². The molecule has 0 fully saturated rings. The quantitative estimate of drug-likeness (QED) is 0.181. The Hall–Kier alpha value is -7.42. The number of fused-ring (bicyclic) bond motifs is 12. The Morgan fingerprint density at radius 1 is 0.263 bits per heavy atom. The van der Waals surface area contributed by atoms with Crippen molar-refractivity contribution in [1.82, 2.24) is 9.97 Å². The number of hydrogen-bond donors (Lipinski definition) is 0. The second-order valence-corrected chi connectivity index (χ2v) is 15.3. The highest BCUT2D eigenvalue weighted by molar-refractivity contribution is 6.03. The average molecular weight is 723 g/mol. The SMILES string of the molecule is c1ccc(-c2cc(-c3cccc(-c4ccc5cc6c(cc5c4)C4(c5ccccc5-c5ccccc54)c4cc5ccccc5cc4-6)c3)nc(-c3ccccc3)n2)cc1. The van der Waals surface area contributed by atoms with Gasteiger partial charge in [-0.2, -0.15) is 0 Å². The summed E-state index contributed by atoms with van der Waals surface area (Å²) >= 11 is 0. The van der Waals surface area contributed by atoms with Gasteiger partial charge >= 0.3 is 0 Å². The molecule has 2 aliphatic rings. The van der Waals surface area contributed by atoms with Gasteiger partial charge in [-0.05, 0) is 120 Å². The van der Waals surface area contributed by atoms with Crippen molar-refractivity contribution in [2.24, 2.45) is 0 Å². The second-order valence-electron chi connectivity index (χ2n) is 15.3. The molecular weight excluding hydrogens is 689 g/mol. The molecule has 1 aromatic heterocycles. The van der Waals surface area contributed by atoms with E-state index in [0.29, 0.717) is 0 Å². The van der Waals surface area contributed by atoms with Crippen molar-refractivity contribution in [2.75, 3.05) is 0 Å². The van der Waals surface area contributed by atoms with Gasteiger partial charge < -0.3 is 0 Å². The van der Waals surface area contributed by atoms with Crippen LogP contribution in [0.1, 0.15) is 22.3 Å². The van der Waals surface area contributed by atoms with Crippen LogP contribution in [0, 0.1) is 0 Å². The van der Waals surface area contributed by atoms with E-state index in [4.69, 9.17) is 9.97 Å². The third-order valence-electron chi connectivity index (χ3n) is 12.2. The Labute approximate surface area is 331 Å². The van der Waals surface area contributed by atoms with Crippen LogP contribution < -0.4 is 0 Å². The smallest absolute Gasteiger partial charge is 0.160 e. The molecule has 1 spiro atoms. The molecule has 2 heteroatoms. The number of benzene rings is 9. The number of rotatable bonds is 4. The average Bonchev–Trinajstić information content (AvgIpc) is 3.74. The standard InChI is InChI=1S/C55H34N2/c1-3-14-35(15-4-1)52-34-53(57-54(56-52)36-16-5-2-6-17-36)42-21-13-20-37(28-42)40-26-27-41-31-47-46-30-38-18-7-8-19-39(38)32-50(46)55(51(47)33-43(41)29-40)48-24-11-9-22-44(48)45-23-10-12-25-49(45)55/h1-34H. The van der Waals surface area contributed by atoms with Crippen LogP contribution in [0.2, 0.25) is 0 Å². The normalized spacial score (nSPS) is 13.1. The Morgan fingerprint density at radius 2 is 0.754 bits per heavy atom. The summed E-state index contributed by atoms with van der Waals surface area (Å²) in [6, 6.07) is 75.2. The molecule has 10 aromatic rings. The first-order valence-corrected chi connectivity index (χ1v) is 19.6. The third kappa shape index (κ3) is 4.77. The summed E-state index contributed by atoms with van der Waals surface area (Å²) in [5.74, 6) is 0.717. The van der Waals surface area contributed by atoms with Gasteiger partial charge in [0.05, 0.1) is 16.8 Å². The van der Waals surface area contributed by atoms with Gasteiger partial charge in [-0.15, -0.1) is 0 Å². The Bertz CT molecular complexity index is 3130. The summed E-state index contributed by atoms with van der Waals surface area (Å²) < 4.78 is 0. The predicted octanol–water partition coefficient (Wildman–Crippen LogP) is 13.8. The molecular formula is C55H34N2. The molecule has 57 heavy (non-hydrogen) atoms. The van der Waals surface area contributed by atoms with Crippen molar-refractivity contribution in [3.63, 3.8) is 0 Å². The molecule has 0 unspecified atom stereocenters. The van der Waals surface area contributed by atoms with E-state index >= 15 is 0 Å². The summed E-state index contributed by atoms with van der Waals surface area (Å²) in [5, 5.41) is 5.01. The summed E-state index contributed by atoms with van der Waals surface area (Å²) in [5.41, 5.74) is 17.6. The molecule has 0 bridgehead atoms. The first-order valence-electron chi connectivity index (χ1n) is 19.6. The van der Waals surface area contributed by atoms with Gasteiger partial charge in [0.15, 0.2) is 5.82 Å². The van der Waals surface area contributed by atoms with Gasteiger partial charge in [0.2, 0.25) is 0 Å². The number of hydrogen-bond acceptors (Lipinski definition) is 2. The summed E-state index contributed by atoms with van der Waals surface area (Å²) in [6.45, 7) is 0. The van der Waals surface area contributed by atoms with Gasteiger partial charge in [0, 0.05) is 16.7 Å².